The van der Waals surface area contributed by atoms with E-state index < -0.39 is 11.9 Å². The molecule has 8 heteroatoms. The van der Waals surface area contributed by atoms with E-state index in [1.807, 2.05) is 24.3 Å². The lowest BCUT2D eigenvalue weighted by Gasteiger charge is -2.25. The zero-order valence-electron chi connectivity index (χ0n) is 15.4. The summed E-state index contributed by atoms with van der Waals surface area (Å²) in [7, 11) is 0. The molecule has 0 spiro atoms. The number of carboxylic acids is 2. The second-order valence-corrected chi connectivity index (χ2v) is 6.29. The minimum Gasteiger partial charge on any atom is -0.478 e. The van der Waals surface area contributed by atoms with Crippen LogP contribution in [0.3, 0.4) is 0 Å². The number of aromatic nitrogens is 1. The maximum absolute atomic E-state index is 10.6. The lowest BCUT2D eigenvalue weighted by molar-refractivity contribution is 0.0696. The topological polar surface area (TPSA) is 116 Å². The van der Waals surface area contributed by atoms with Gasteiger partial charge in [0.15, 0.2) is 5.58 Å². The normalized spacial score (nSPS) is 13.7. The monoisotopic (exact) mass is 383 g/mol. The summed E-state index contributed by atoms with van der Waals surface area (Å²) in [5.41, 5.74) is 2.14. The van der Waals surface area contributed by atoms with E-state index in [0.29, 0.717) is 0 Å². The van der Waals surface area contributed by atoms with Crippen LogP contribution in [0.5, 0.6) is 0 Å². The number of piperazine rings is 1. The highest BCUT2D eigenvalue weighted by Gasteiger charge is 2.16. The van der Waals surface area contributed by atoms with E-state index >= 15 is 0 Å². The minimum absolute atomic E-state index is 0.0277. The van der Waals surface area contributed by atoms with Crippen LogP contribution in [0.15, 0.2) is 46.9 Å². The summed E-state index contributed by atoms with van der Waals surface area (Å²) < 4.78 is 5.69. The van der Waals surface area contributed by atoms with Gasteiger partial charge in [-0.3, -0.25) is 0 Å². The van der Waals surface area contributed by atoms with Crippen LogP contribution in [0.4, 0.5) is 6.01 Å². The second-order valence-electron chi connectivity index (χ2n) is 6.29. The first-order valence-electron chi connectivity index (χ1n) is 8.85. The summed E-state index contributed by atoms with van der Waals surface area (Å²) in [5, 5.41) is 20.7. The Kier molecular flexibility index (Phi) is 5.90. The third kappa shape index (κ3) is 4.29. The maximum atomic E-state index is 10.6. The second kappa shape index (κ2) is 8.53. The highest BCUT2D eigenvalue weighted by Crippen LogP contribution is 2.21. The summed E-state index contributed by atoms with van der Waals surface area (Å²) in [6.45, 7) is 5.41. The average Bonchev–Trinajstić information content (AvgIpc) is 3.13. The van der Waals surface area contributed by atoms with E-state index in [1.165, 1.54) is 25.1 Å². The molecule has 0 unspecified atom stereocenters. The van der Waals surface area contributed by atoms with Gasteiger partial charge in [0, 0.05) is 26.2 Å². The van der Waals surface area contributed by atoms with E-state index in [2.05, 4.69) is 15.2 Å². The molecule has 1 fully saturated rings. The number of para-hydroxylation sites is 2. The van der Waals surface area contributed by atoms with Crippen molar-refractivity contribution in [2.24, 2.45) is 0 Å². The van der Waals surface area contributed by atoms with E-state index in [4.69, 9.17) is 14.6 Å². The maximum Gasteiger partial charge on any atom is 0.335 e. The Morgan fingerprint density at radius 2 is 1.61 bits per heavy atom. The van der Waals surface area contributed by atoms with Gasteiger partial charge in [0.1, 0.15) is 5.52 Å². The molecule has 2 heterocycles. The highest BCUT2D eigenvalue weighted by atomic mass is 16.4. The number of fused-ring (bicyclic) bond motifs is 1. The van der Waals surface area contributed by atoms with Crippen LogP contribution in [-0.4, -0.2) is 53.3 Å². The molecule has 4 rings (SSSR count). The first kappa shape index (κ1) is 19.4. The molecule has 28 heavy (non-hydrogen) atoms. The molecule has 146 valence electrons. The fourth-order valence-corrected chi connectivity index (χ4v) is 2.95. The zero-order chi connectivity index (χ0) is 20.1. The SMILES string of the molecule is Cc1c(C(=O)O)cccc1C(=O)O.c1ccc2oc(N3CCNCC3)nc2c1. The molecular formula is C20H21N3O5. The molecule has 0 amide bonds. The van der Waals surface area contributed by atoms with Crippen LogP contribution in [0.1, 0.15) is 26.3 Å². The number of aromatic carboxylic acids is 2. The summed E-state index contributed by atoms with van der Waals surface area (Å²) in [4.78, 5) is 27.9. The van der Waals surface area contributed by atoms with Crippen LogP contribution in [0, 0.1) is 6.92 Å². The number of anilines is 1. The number of hydrogen-bond acceptors (Lipinski definition) is 6. The number of nitrogens with one attached hydrogen (secondary N) is 1. The Balaban J connectivity index is 0.000000163. The van der Waals surface area contributed by atoms with Crippen molar-refractivity contribution in [2.45, 2.75) is 6.92 Å². The van der Waals surface area contributed by atoms with Crippen LogP contribution in [0.25, 0.3) is 11.1 Å². The van der Waals surface area contributed by atoms with Crippen molar-refractivity contribution >= 4 is 29.1 Å². The summed E-state index contributed by atoms with van der Waals surface area (Å²) in [5.74, 6) is -2.22. The van der Waals surface area contributed by atoms with Gasteiger partial charge in [0.05, 0.1) is 11.1 Å². The van der Waals surface area contributed by atoms with Crippen molar-refractivity contribution in [2.75, 3.05) is 31.1 Å². The molecule has 1 saturated heterocycles. The first-order chi connectivity index (χ1) is 13.5. The summed E-state index contributed by atoms with van der Waals surface area (Å²) in [6.07, 6.45) is 0. The lowest BCUT2D eigenvalue weighted by atomic mass is 10.0. The predicted molar refractivity (Wildman–Crippen MR) is 104 cm³/mol. The van der Waals surface area contributed by atoms with Gasteiger partial charge in [-0.15, -0.1) is 0 Å². The summed E-state index contributed by atoms with van der Waals surface area (Å²) >= 11 is 0. The molecule has 1 aliphatic heterocycles. The third-order valence-electron chi connectivity index (χ3n) is 4.46. The van der Waals surface area contributed by atoms with Gasteiger partial charge < -0.3 is 24.8 Å². The van der Waals surface area contributed by atoms with Gasteiger partial charge >= 0.3 is 11.9 Å². The molecule has 0 radical (unpaired) electrons. The highest BCUT2D eigenvalue weighted by molar-refractivity contribution is 5.96. The molecule has 1 aliphatic rings. The van der Waals surface area contributed by atoms with Gasteiger partial charge in [-0.25, -0.2) is 9.59 Å². The molecule has 0 bridgehead atoms. The van der Waals surface area contributed by atoms with Crippen molar-refractivity contribution in [3.63, 3.8) is 0 Å². The van der Waals surface area contributed by atoms with Gasteiger partial charge in [0.2, 0.25) is 0 Å². The quantitative estimate of drug-likeness (QED) is 0.632. The fraction of sp³-hybridized carbons (Fsp3) is 0.250. The summed E-state index contributed by atoms with van der Waals surface area (Å²) in [6, 6.07) is 12.8. The van der Waals surface area contributed by atoms with Crippen molar-refractivity contribution in [1.29, 1.82) is 0 Å². The predicted octanol–water partition coefficient (Wildman–Crippen LogP) is 2.63. The Morgan fingerprint density at radius 1 is 1.00 bits per heavy atom. The van der Waals surface area contributed by atoms with Crippen LogP contribution in [-0.2, 0) is 0 Å². The number of oxazole rings is 1. The Labute approximate surface area is 161 Å². The number of carboxylic acid groups (broad SMARTS) is 2. The van der Waals surface area contributed by atoms with Crippen molar-refractivity contribution in [1.82, 2.24) is 10.3 Å². The average molecular weight is 383 g/mol. The lowest BCUT2D eigenvalue weighted by Crippen LogP contribution is -2.43. The van der Waals surface area contributed by atoms with Crippen LogP contribution < -0.4 is 10.2 Å². The largest absolute Gasteiger partial charge is 0.478 e. The minimum atomic E-state index is -1.11. The Hall–Kier alpha value is -3.39. The number of hydrogen-bond donors (Lipinski definition) is 3. The van der Waals surface area contributed by atoms with Crippen LogP contribution >= 0.6 is 0 Å². The molecule has 0 saturated carbocycles. The molecule has 2 aromatic carbocycles. The van der Waals surface area contributed by atoms with E-state index in [-0.39, 0.29) is 16.7 Å². The van der Waals surface area contributed by atoms with Crippen molar-refractivity contribution in [3.8, 4) is 0 Å². The number of benzene rings is 2. The number of rotatable bonds is 3. The van der Waals surface area contributed by atoms with Gasteiger partial charge in [0.25, 0.3) is 6.01 Å². The molecule has 8 nitrogen and oxygen atoms in total. The molecule has 3 aromatic rings. The first-order valence-corrected chi connectivity index (χ1v) is 8.85. The molecular weight excluding hydrogens is 362 g/mol. The molecule has 3 N–H and O–H groups in total. The van der Waals surface area contributed by atoms with Crippen molar-refractivity contribution in [3.05, 3.63) is 59.2 Å². The smallest absolute Gasteiger partial charge is 0.335 e. The van der Waals surface area contributed by atoms with Gasteiger partial charge in [-0.2, -0.15) is 4.98 Å². The van der Waals surface area contributed by atoms with E-state index in [1.54, 1.807) is 0 Å². The van der Waals surface area contributed by atoms with Gasteiger partial charge in [-0.1, -0.05) is 18.2 Å². The van der Waals surface area contributed by atoms with Gasteiger partial charge in [-0.05, 0) is 36.8 Å². The molecule has 0 atom stereocenters. The molecule has 0 aliphatic carbocycles. The standard InChI is InChI=1S/C11H13N3O.C9H8O4/c1-2-4-10-9(3-1)13-11(15-10)14-7-5-12-6-8-14;1-5-6(8(10)11)3-2-4-7(5)9(12)13/h1-4,12H,5-8H2;2-4H,1H3,(H,10,11)(H,12,13). The number of carbonyl (C=O) groups is 2. The Bertz CT molecular complexity index is 927. The van der Waals surface area contributed by atoms with Crippen LogP contribution in [0.2, 0.25) is 0 Å². The number of nitrogens with zero attached hydrogens (tertiary/aromatic N) is 2. The van der Waals surface area contributed by atoms with Crippen molar-refractivity contribution < 1.29 is 24.2 Å². The van der Waals surface area contributed by atoms with E-state index in [9.17, 15) is 9.59 Å². The fourth-order valence-electron chi connectivity index (χ4n) is 2.95. The van der Waals surface area contributed by atoms with E-state index in [0.717, 1.165) is 43.3 Å². The third-order valence-corrected chi connectivity index (χ3v) is 4.46. The molecule has 1 aromatic heterocycles. The Morgan fingerprint density at radius 3 is 2.18 bits per heavy atom. The zero-order valence-corrected chi connectivity index (χ0v) is 15.4.